The summed E-state index contributed by atoms with van der Waals surface area (Å²) in [6.07, 6.45) is -0.290. The average molecular weight is 578 g/mol. The van der Waals surface area contributed by atoms with Gasteiger partial charge < -0.3 is 19.3 Å². The Morgan fingerprint density at radius 3 is 2.58 bits per heavy atom. The molecule has 2 atom stereocenters. The summed E-state index contributed by atoms with van der Waals surface area (Å²) in [6, 6.07) is 11.9. The van der Waals surface area contributed by atoms with Crippen LogP contribution in [-0.4, -0.2) is 72.7 Å². The molecule has 2 heterocycles. The predicted octanol–water partition coefficient (Wildman–Crippen LogP) is 5.46. The van der Waals surface area contributed by atoms with Crippen molar-refractivity contribution in [3.8, 4) is 11.1 Å². The van der Waals surface area contributed by atoms with Crippen molar-refractivity contribution in [3.05, 3.63) is 59.2 Å². The van der Waals surface area contributed by atoms with Crippen molar-refractivity contribution in [2.45, 2.75) is 63.3 Å². The summed E-state index contributed by atoms with van der Waals surface area (Å²) in [5, 5.41) is 2.05. The van der Waals surface area contributed by atoms with Crippen LogP contribution in [0.1, 0.15) is 66.6 Å². The molecular formula is C29H35F3N3O4P. The Hall–Kier alpha value is -2.52. The zero-order chi connectivity index (χ0) is 28.3. The van der Waals surface area contributed by atoms with Gasteiger partial charge >= 0.3 is 6.18 Å². The molecular weight excluding hydrogens is 542 g/mol. The lowest BCUT2D eigenvalue weighted by atomic mass is 9.91. The monoisotopic (exact) mass is 577 g/mol. The molecule has 3 aliphatic rings. The first kappa shape index (κ1) is 29.0. The standard InChI is InChI=1S/C29H35F3N3O4P/c1-2-3-14-34(19-16-38-40-39-17-19)28(37)24-13-6-7-15-35(24)26-22-10-5-4-9-20(22)21-11-8-12-23(25(21)26)27(36)33-18-29(30,31)32/h4-5,8-12,19,24,26,40H,2-3,6-7,13-18H2,1H3,(H,33,36). The van der Waals surface area contributed by atoms with Gasteiger partial charge in [-0.25, -0.2) is 0 Å². The number of nitrogens with one attached hydrogen (secondary N) is 1. The highest BCUT2D eigenvalue weighted by molar-refractivity contribution is 7.26. The number of nitrogens with zero attached hydrogens (tertiary/aromatic N) is 2. The first-order chi connectivity index (χ1) is 19.3. The minimum Gasteiger partial charge on any atom is -0.343 e. The number of unbranched alkanes of at least 4 members (excludes halogenated alkanes) is 1. The number of alkyl halides is 3. The molecule has 7 nitrogen and oxygen atoms in total. The van der Waals surface area contributed by atoms with Crippen molar-refractivity contribution in [1.82, 2.24) is 15.1 Å². The van der Waals surface area contributed by atoms with Crippen LogP contribution in [0.3, 0.4) is 0 Å². The second kappa shape index (κ2) is 12.6. The van der Waals surface area contributed by atoms with Crippen molar-refractivity contribution in [2.24, 2.45) is 0 Å². The summed E-state index contributed by atoms with van der Waals surface area (Å²) in [5.74, 6) is -0.755. The van der Waals surface area contributed by atoms with E-state index >= 15 is 0 Å². The van der Waals surface area contributed by atoms with Crippen LogP contribution in [0.4, 0.5) is 13.2 Å². The molecule has 0 spiro atoms. The summed E-state index contributed by atoms with van der Waals surface area (Å²) in [5.41, 5.74) is 3.57. The quantitative estimate of drug-likeness (QED) is 0.423. The number of rotatable bonds is 8. The van der Waals surface area contributed by atoms with E-state index in [1.54, 1.807) is 12.1 Å². The van der Waals surface area contributed by atoms with E-state index in [0.717, 1.165) is 42.4 Å². The molecule has 0 bridgehead atoms. The maximum atomic E-state index is 14.3. The molecule has 40 heavy (non-hydrogen) atoms. The van der Waals surface area contributed by atoms with E-state index in [1.165, 1.54) is 0 Å². The fraction of sp³-hybridized carbons (Fsp3) is 0.517. The number of halogens is 3. The topological polar surface area (TPSA) is 71.1 Å². The maximum absolute atomic E-state index is 14.3. The molecule has 0 radical (unpaired) electrons. The van der Waals surface area contributed by atoms with Crippen LogP contribution in [0.25, 0.3) is 11.1 Å². The Morgan fingerprint density at radius 1 is 1.07 bits per heavy atom. The van der Waals surface area contributed by atoms with Gasteiger partial charge in [-0.15, -0.1) is 0 Å². The number of carbonyl (C=O) groups is 2. The molecule has 2 fully saturated rings. The number of likely N-dealkylation sites (tertiary alicyclic amines) is 1. The fourth-order valence-electron chi connectivity index (χ4n) is 6.10. The molecule has 2 unspecified atom stereocenters. The van der Waals surface area contributed by atoms with Gasteiger partial charge in [0.05, 0.1) is 31.3 Å². The summed E-state index contributed by atoms with van der Waals surface area (Å²) in [6.45, 7) is 2.77. The highest BCUT2D eigenvalue weighted by Gasteiger charge is 2.44. The first-order valence-electron chi connectivity index (χ1n) is 13.9. The third-order valence-corrected chi connectivity index (χ3v) is 8.49. The lowest BCUT2D eigenvalue weighted by Crippen LogP contribution is -2.56. The molecule has 0 saturated carbocycles. The van der Waals surface area contributed by atoms with Gasteiger partial charge in [0, 0.05) is 12.1 Å². The highest BCUT2D eigenvalue weighted by atomic mass is 31.1. The minimum absolute atomic E-state index is 0.0144. The third kappa shape index (κ3) is 6.05. The van der Waals surface area contributed by atoms with Gasteiger partial charge in [0.1, 0.15) is 6.54 Å². The lowest BCUT2D eigenvalue weighted by Gasteiger charge is -2.44. The van der Waals surface area contributed by atoms with Gasteiger partial charge in [-0.05, 0) is 54.1 Å². The van der Waals surface area contributed by atoms with Gasteiger partial charge in [0.25, 0.3) is 5.91 Å². The second-order valence-electron chi connectivity index (χ2n) is 10.5. The summed E-state index contributed by atoms with van der Waals surface area (Å²) >= 11 is 0. The van der Waals surface area contributed by atoms with Gasteiger partial charge in [0.15, 0.2) is 9.03 Å². The number of hydrogen-bond acceptors (Lipinski definition) is 5. The molecule has 2 aromatic rings. The van der Waals surface area contributed by atoms with E-state index < -0.39 is 30.7 Å². The van der Waals surface area contributed by atoms with Crippen LogP contribution in [0.15, 0.2) is 42.5 Å². The number of fused-ring (bicyclic) bond motifs is 3. The molecule has 0 aromatic heterocycles. The van der Waals surface area contributed by atoms with E-state index in [0.29, 0.717) is 38.3 Å². The maximum Gasteiger partial charge on any atom is 0.405 e. The van der Waals surface area contributed by atoms with E-state index in [-0.39, 0.29) is 26.5 Å². The van der Waals surface area contributed by atoms with E-state index in [9.17, 15) is 22.8 Å². The Balaban J connectivity index is 1.53. The van der Waals surface area contributed by atoms with Crippen molar-refractivity contribution >= 4 is 20.8 Å². The van der Waals surface area contributed by atoms with Crippen molar-refractivity contribution in [2.75, 3.05) is 32.8 Å². The van der Waals surface area contributed by atoms with Crippen LogP contribution in [-0.2, 0) is 13.8 Å². The van der Waals surface area contributed by atoms with E-state index in [1.807, 2.05) is 35.2 Å². The Kier molecular flexibility index (Phi) is 9.10. The Bertz CT molecular complexity index is 1220. The largest absolute Gasteiger partial charge is 0.405 e. The molecule has 1 N–H and O–H groups in total. The summed E-state index contributed by atoms with van der Waals surface area (Å²) < 4.78 is 50.0. The Morgan fingerprint density at radius 2 is 1.82 bits per heavy atom. The molecule has 1 aliphatic carbocycles. The summed E-state index contributed by atoms with van der Waals surface area (Å²) in [4.78, 5) is 31.5. The van der Waals surface area contributed by atoms with Crippen LogP contribution in [0.5, 0.6) is 0 Å². The lowest BCUT2D eigenvalue weighted by molar-refractivity contribution is -0.143. The second-order valence-corrected chi connectivity index (χ2v) is 11.3. The number of amides is 2. The smallest absolute Gasteiger partial charge is 0.343 e. The normalized spacial score (nSPS) is 23.4. The zero-order valence-electron chi connectivity index (χ0n) is 22.5. The van der Waals surface area contributed by atoms with Crippen LogP contribution < -0.4 is 5.32 Å². The van der Waals surface area contributed by atoms with Gasteiger partial charge in [-0.1, -0.05) is 56.2 Å². The predicted molar refractivity (Wildman–Crippen MR) is 147 cm³/mol. The zero-order valence-corrected chi connectivity index (χ0v) is 23.5. The molecule has 2 aromatic carbocycles. The molecule has 2 amide bonds. The van der Waals surface area contributed by atoms with Crippen LogP contribution >= 0.6 is 9.03 Å². The summed E-state index contributed by atoms with van der Waals surface area (Å²) in [7, 11) is -0.0233. The molecule has 5 rings (SSSR count). The van der Waals surface area contributed by atoms with Crippen LogP contribution in [0.2, 0.25) is 0 Å². The van der Waals surface area contributed by atoms with Crippen molar-refractivity contribution in [3.63, 3.8) is 0 Å². The molecule has 11 heteroatoms. The SMILES string of the molecule is CCCCN(C(=O)C1CCCCN1C1c2ccccc2-c2cccc(C(=O)NCC(F)(F)F)c21)C1COPOC1. The molecule has 2 saturated heterocycles. The van der Waals surface area contributed by atoms with E-state index in [2.05, 4.69) is 17.1 Å². The highest BCUT2D eigenvalue weighted by Crippen LogP contribution is 2.49. The van der Waals surface area contributed by atoms with Gasteiger partial charge in [-0.2, -0.15) is 13.2 Å². The van der Waals surface area contributed by atoms with Crippen molar-refractivity contribution in [1.29, 1.82) is 0 Å². The van der Waals surface area contributed by atoms with Gasteiger partial charge in [-0.3, -0.25) is 14.5 Å². The third-order valence-electron chi connectivity index (χ3n) is 7.93. The number of hydrogen-bond donors (Lipinski definition) is 1. The Labute approximate surface area is 234 Å². The van der Waals surface area contributed by atoms with E-state index in [4.69, 9.17) is 9.05 Å². The fourth-order valence-corrected chi connectivity index (χ4v) is 6.70. The molecule has 2 aliphatic heterocycles. The first-order valence-corrected chi connectivity index (χ1v) is 14.7. The van der Waals surface area contributed by atoms with Crippen LogP contribution in [0, 0.1) is 0 Å². The van der Waals surface area contributed by atoms with Crippen molar-refractivity contribution < 1.29 is 31.8 Å². The van der Waals surface area contributed by atoms with Gasteiger partial charge in [0.2, 0.25) is 5.91 Å². The number of benzene rings is 2. The number of piperidine rings is 1. The minimum atomic E-state index is -4.52. The average Bonchev–Trinajstić information content (AvgIpc) is 3.30. The number of carbonyl (C=O) groups excluding carboxylic acids is 2. The molecule has 216 valence electrons.